The molecule has 1 fully saturated rings. The van der Waals surface area contributed by atoms with Crippen molar-refractivity contribution in [1.29, 1.82) is 5.26 Å². The van der Waals surface area contributed by atoms with Crippen LogP contribution in [-0.2, 0) is 11.2 Å². The molecule has 1 saturated heterocycles. The molecule has 0 aliphatic carbocycles. The minimum absolute atomic E-state index is 0.566. The Morgan fingerprint density at radius 2 is 1.78 bits per heavy atom. The van der Waals surface area contributed by atoms with Crippen LogP contribution < -0.4 is 14.2 Å². The molecule has 1 heterocycles. The van der Waals surface area contributed by atoms with Gasteiger partial charge in [0.15, 0.2) is 11.5 Å². The van der Waals surface area contributed by atoms with E-state index in [-0.39, 0.29) is 0 Å². The van der Waals surface area contributed by atoms with Gasteiger partial charge in [0.25, 0.3) is 0 Å². The van der Waals surface area contributed by atoms with Gasteiger partial charge in [0, 0.05) is 31.3 Å². The Labute approximate surface area is 136 Å². The minimum atomic E-state index is 0.566. The first kappa shape index (κ1) is 17.0. The lowest BCUT2D eigenvalue weighted by Gasteiger charge is -2.31. The van der Waals surface area contributed by atoms with Crippen molar-refractivity contribution in [3.05, 3.63) is 29.5 Å². The lowest BCUT2D eigenvalue weighted by molar-refractivity contribution is 0.0526. The lowest BCUT2D eigenvalue weighted by Crippen LogP contribution is -2.36. The Hall–Kier alpha value is -2.39. The highest BCUT2D eigenvalue weighted by atomic mass is 16.5. The van der Waals surface area contributed by atoms with Crippen LogP contribution in [-0.4, -0.2) is 52.5 Å². The third-order valence-electron chi connectivity index (χ3n) is 3.76. The van der Waals surface area contributed by atoms with E-state index in [0.717, 1.165) is 24.4 Å². The Morgan fingerprint density at radius 1 is 1.17 bits per heavy atom. The average molecular weight is 318 g/mol. The zero-order valence-electron chi connectivity index (χ0n) is 13.8. The van der Waals surface area contributed by atoms with E-state index in [2.05, 4.69) is 11.0 Å². The fourth-order valence-electron chi connectivity index (χ4n) is 2.63. The maximum atomic E-state index is 9.08. The summed E-state index contributed by atoms with van der Waals surface area (Å²) in [5, 5.41) is 9.08. The SMILES string of the molecule is COc1cc(CC(=CC#N)N2CCOCC2)cc(OC)c1OC. The molecule has 0 bridgehead atoms. The van der Waals surface area contributed by atoms with Gasteiger partial charge in [-0.25, -0.2) is 0 Å². The molecule has 0 atom stereocenters. The molecule has 2 rings (SSSR count). The van der Waals surface area contributed by atoms with E-state index < -0.39 is 0 Å². The highest BCUT2D eigenvalue weighted by Crippen LogP contribution is 2.38. The van der Waals surface area contributed by atoms with Gasteiger partial charge in [-0.1, -0.05) is 0 Å². The van der Waals surface area contributed by atoms with Gasteiger partial charge in [-0.3, -0.25) is 0 Å². The van der Waals surface area contributed by atoms with Gasteiger partial charge in [-0.15, -0.1) is 0 Å². The summed E-state index contributed by atoms with van der Waals surface area (Å²) in [5.74, 6) is 1.79. The quantitative estimate of drug-likeness (QED) is 0.748. The number of rotatable bonds is 6. The average Bonchev–Trinajstić information content (AvgIpc) is 2.61. The van der Waals surface area contributed by atoms with E-state index in [9.17, 15) is 0 Å². The number of hydrogen-bond acceptors (Lipinski definition) is 6. The largest absolute Gasteiger partial charge is 0.493 e. The molecule has 6 nitrogen and oxygen atoms in total. The van der Waals surface area contributed by atoms with Crippen molar-refractivity contribution >= 4 is 0 Å². The number of nitrogens with zero attached hydrogens (tertiary/aromatic N) is 2. The molecule has 0 amide bonds. The summed E-state index contributed by atoms with van der Waals surface area (Å²) in [7, 11) is 4.76. The van der Waals surface area contributed by atoms with E-state index in [1.165, 1.54) is 0 Å². The summed E-state index contributed by atoms with van der Waals surface area (Å²) in [6.07, 6.45) is 2.21. The molecule has 1 aliphatic heterocycles. The molecule has 6 heteroatoms. The molecule has 0 unspecified atom stereocenters. The van der Waals surface area contributed by atoms with Crippen LogP contribution in [0.4, 0.5) is 0 Å². The highest BCUT2D eigenvalue weighted by molar-refractivity contribution is 5.54. The van der Waals surface area contributed by atoms with Crippen LogP contribution in [0.5, 0.6) is 17.2 Å². The standard InChI is InChI=1S/C17H22N2O4/c1-20-15-11-13(12-16(21-2)17(15)22-3)10-14(4-5-18)19-6-8-23-9-7-19/h4,11-12H,6-10H2,1-3H3. The Kier molecular flexibility index (Phi) is 6.12. The van der Waals surface area contributed by atoms with Crippen molar-refractivity contribution < 1.29 is 18.9 Å². The van der Waals surface area contributed by atoms with E-state index in [1.807, 2.05) is 12.1 Å². The third-order valence-corrected chi connectivity index (χ3v) is 3.76. The van der Waals surface area contributed by atoms with Crippen molar-refractivity contribution in [3.63, 3.8) is 0 Å². The molecule has 0 spiro atoms. The maximum absolute atomic E-state index is 9.08. The van der Waals surface area contributed by atoms with Crippen LogP contribution in [0.2, 0.25) is 0 Å². The van der Waals surface area contributed by atoms with Crippen molar-refractivity contribution in [3.8, 4) is 23.3 Å². The van der Waals surface area contributed by atoms with Gasteiger partial charge in [0.05, 0.1) is 40.6 Å². The smallest absolute Gasteiger partial charge is 0.203 e. The van der Waals surface area contributed by atoms with Crippen LogP contribution in [0, 0.1) is 11.3 Å². The van der Waals surface area contributed by atoms with E-state index >= 15 is 0 Å². The lowest BCUT2D eigenvalue weighted by atomic mass is 10.1. The van der Waals surface area contributed by atoms with Crippen LogP contribution in [0.25, 0.3) is 0 Å². The van der Waals surface area contributed by atoms with Gasteiger partial charge in [-0.2, -0.15) is 5.26 Å². The van der Waals surface area contributed by atoms with Gasteiger partial charge in [-0.05, 0) is 17.7 Å². The minimum Gasteiger partial charge on any atom is -0.493 e. The Bertz CT molecular complexity index is 576. The second kappa shape index (κ2) is 8.30. The second-order valence-corrected chi connectivity index (χ2v) is 5.07. The molecular weight excluding hydrogens is 296 g/mol. The number of morpholine rings is 1. The van der Waals surface area contributed by atoms with Crippen molar-refractivity contribution in [1.82, 2.24) is 4.90 Å². The zero-order valence-corrected chi connectivity index (χ0v) is 13.8. The van der Waals surface area contributed by atoms with Gasteiger partial charge < -0.3 is 23.8 Å². The molecular formula is C17H22N2O4. The molecule has 1 aromatic carbocycles. The molecule has 1 aliphatic rings. The van der Waals surface area contributed by atoms with E-state index in [0.29, 0.717) is 36.9 Å². The fraction of sp³-hybridized carbons (Fsp3) is 0.471. The first-order valence-corrected chi connectivity index (χ1v) is 7.43. The van der Waals surface area contributed by atoms with Gasteiger partial charge in [0.2, 0.25) is 5.75 Å². The summed E-state index contributed by atoms with van der Waals surface area (Å²) in [4.78, 5) is 2.18. The molecule has 0 N–H and O–H groups in total. The molecule has 0 radical (unpaired) electrons. The topological polar surface area (TPSA) is 64.0 Å². The van der Waals surface area contributed by atoms with Crippen molar-refractivity contribution in [2.75, 3.05) is 47.6 Å². The predicted octanol–water partition coefficient (Wildman–Crippen LogP) is 1.99. The summed E-state index contributed by atoms with van der Waals surface area (Å²) in [5.41, 5.74) is 1.96. The second-order valence-electron chi connectivity index (χ2n) is 5.07. The fourth-order valence-corrected chi connectivity index (χ4v) is 2.63. The Balaban J connectivity index is 2.29. The summed E-state index contributed by atoms with van der Waals surface area (Å²) in [6, 6.07) is 5.95. The normalized spacial score (nSPS) is 15.0. The van der Waals surface area contributed by atoms with E-state index in [4.69, 9.17) is 24.2 Å². The van der Waals surface area contributed by atoms with Crippen LogP contribution in [0.1, 0.15) is 5.56 Å². The summed E-state index contributed by atoms with van der Waals surface area (Å²) < 4.78 is 21.5. The number of methoxy groups -OCH3 is 3. The molecule has 0 aromatic heterocycles. The molecule has 0 saturated carbocycles. The van der Waals surface area contributed by atoms with Gasteiger partial charge in [0.1, 0.15) is 0 Å². The van der Waals surface area contributed by atoms with Crippen molar-refractivity contribution in [2.24, 2.45) is 0 Å². The molecule has 124 valence electrons. The number of benzene rings is 1. The highest BCUT2D eigenvalue weighted by Gasteiger charge is 2.17. The molecule has 23 heavy (non-hydrogen) atoms. The third kappa shape index (κ3) is 4.08. The Morgan fingerprint density at radius 3 is 2.26 bits per heavy atom. The van der Waals surface area contributed by atoms with Crippen LogP contribution in [0.15, 0.2) is 23.9 Å². The van der Waals surface area contributed by atoms with Crippen molar-refractivity contribution in [2.45, 2.75) is 6.42 Å². The maximum Gasteiger partial charge on any atom is 0.203 e. The number of allylic oxidation sites excluding steroid dienone is 2. The number of ether oxygens (including phenoxy) is 4. The summed E-state index contributed by atoms with van der Waals surface area (Å²) in [6.45, 7) is 2.94. The summed E-state index contributed by atoms with van der Waals surface area (Å²) >= 11 is 0. The van der Waals surface area contributed by atoms with Crippen LogP contribution >= 0.6 is 0 Å². The van der Waals surface area contributed by atoms with E-state index in [1.54, 1.807) is 27.4 Å². The van der Waals surface area contributed by atoms with Crippen LogP contribution in [0.3, 0.4) is 0 Å². The monoisotopic (exact) mass is 318 g/mol. The predicted molar refractivity (Wildman–Crippen MR) is 85.9 cm³/mol. The number of hydrogen-bond donors (Lipinski definition) is 0. The van der Waals surface area contributed by atoms with Gasteiger partial charge >= 0.3 is 0 Å². The first-order valence-electron chi connectivity index (χ1n) is 7.43. The molecule has 1 aromatic rings. The first-order chi connectivity index (χ1) is 11.2. The zero-order chi connectivity index (χ0) is 16.7. The number of nitriles is 1.